The highest BCUT2D eigenvalue weighted by Gasteiger charge is 2.21. The lowest BCUT2D eigenvalue weighted by molar-refractivity contribution is 0.0992. The Morgan fingerprint density at radius 3 is 2.67 bits per heavy atom. The Morgan fingerprint density at radius 2 is 1.94 bits per heavy atom. The van der Waals surface area contributed by atoms with E-state index in [1.54, 1.807) is 30.3 Å². The Balaban J connectivity index is 1.44. The molecule has 3 heterocycles. The van der Waals surface area contributed by atoms with Gasteiger partial charge in [-0.05, 0) is 54.0 Å². The van der Waals surface area contributed by atoms with E-state index in [-0.39, 0.29) is 5.91 Å². The molecule has 168 valence electrons. The Kier molecular flexibility index (Phi) is 7.55. The van der Waals surface area contributed by atoms with Gasteiger partial charge in [0.05, 0.1) is 11.4 Å². The first-order chi connectivity index (χ1) is 16.0. The standard InChI is InChI=1S/C26H24Cl2N4O/c1-31(26(33)21-10-14-29-24(28)18-21)23-5-2-13-30-25(23)20-11-16-32(17-12-20)15-3-4-19-6-8-22(27)9-7-19/h2-11,13-14,18H,12,15-17H2,1H3/b4-3+. The maximum absolute atomic E-state index is 13.0. The molecule has 0 unspecified atom stereocenters. The molecule has 0 N–H and O–H groups in total. The average molecular weight is 479 g/mol. The molecule has 7 heteroatoms. The minimum Gasteiger partial charge on any atom is -0.309 e. The van der Waals surface area contributed by atoms with Crippen molar-refractivity contribution in [1.29, 1.82) is 0 Å². The Morgan fingerprint density at radius 1 is 1.12 bits per heavy atom. The lowest BCUT2D eigenvalue weighted by Gasteiger charge is -2.27. The minimum absolute atomic E-state index is 0.154. The fourth-order valence-corrected chi connectivity index (χ4v) is 4.06. The largest absolute Gasteiger partial charge is 0.309 e. The van der Waals surface area contributed by atoms with Crippen molar-refractivity contribution < 1.29 is 4.79 Å². The van der Waals surface area contributed by atoms with E-state index in [1.165, 1.54) is 6.20 Å². The molecule has 1 amide bonds. The second kappa shape index (κ2) is 10.8. The van der Waals surface area contributed by atoms with E-state index in [4.69, 9.17) is 23.2 Å². The third-order valence-corrected chi connectivity index (χ3v) is 6.03. The van der Waals surface area contributed by atoms with E-state index in [0.717, 1.165) is 53.6 Å². The van der Waals surface area contributed by atoms with Crippen molar-refractivity contribution in [3.05, 3.63) is 100 Å². The quantitative estimate of drug-likeness (QED) is 0.416. The maximum Gasteiger partial charge on any atom is 0.258 e. The second-order valence-corrected chi connectivity index (χ2v) is 8.62. The molecule has 0 atom stereocenters. The van der Waals surface area contributed by atoms with E-state index in [9.17, 15) is 4.79 Å². The molecule has 4 rings (SSSR count). The summed E-state index contributed by atoms with van der Waals surface area (Å²) < 4.78 is 0. The Hall–Kier alpha value is -2.99. The summed E-state index contributed by atoms with van der Waals surface area (Å²) in [4.78, 5) is 25.6. The van der Waals surface area contributed by atoms with Crippen molar-refractivity contribution >= 4 is 46.4 Å². The molecule has 33 heavy (non-hydrogen) atoms. The van der Waals surface area contributed by atoms with Gasteiger partial charge in [-0.1, -0.05) is 53.6 Å². The first-order valence-corrected chi connectivity index (χ1v) is 11.5. The fraction of sp³-hybridized carbons (Fsp3) is 0.192. The number of carbonyl (C=O) groups excluding carboxylic acids is 1. The highest BCUT2D eigenvalue weighted by atomic mass is 35.5. The van der Waals surface area contributed by atoms with Gasteiger partial charge in [-0.25, -0.2) is 4.98 Å². The SMILES string of the molecule is CN(C(=O)c1ccnc(Cl)c1)c1cccnc1C1=CCN(C/C=C/c2ccc(Cl)cc2)CC1. The van der Waals surface area contributed by atoms with E-state index < -0.39 is 0 Å². The number of pyridine rings is 2. The van der Waals surface area contributed by atoms with Gasteiger partial charge >= 0.3 is 0 Å². The molecular weight excluding hydrogens is 455 g/mol. The number of halogens is 2. The highest BCUT2D eigenvalue weighted by molar-refractivity contribution is 6.30. The molecule has 5 nitrogen and oxygen atoms in total. The van der Waals surface area contributed by atoms with Gasteiger partial charge < -0.3 is 4.90 Å². The van der Waals surface area contributed by atoms with Crippen molar-refractivity contribution in [2.75, 3.05) is 31.6 Å². The van der Waals surface area contributed by atoms with E-state index in [1.807, 2.05) is 36.4 Å². The molecule has 0 aliphatic carbocycles. The molecule has 1 aliphatic rings. The van der Waals surface area contributed by atoms with Crippen LogP contribution in [0.2, 0.25) is 10.2 Å². The Bertz CT molecular complexity index is 1190. The summed E-state index contributed by atoms with van der Waals surface area (Å²) in [6.45, 7) is 2.61. The molecule has 1 aromatic carbocycles. The summed E-state index contributed by atoms with van der Waals surface area (Å²) in [7, 11) is 1.76. The van der Waals surface area contributed by atoms with Crippen molar-refractivity contribution in [3.8, 4) is 0 Å². The summed E-state index contributed by atoms with van der Waals surface area (Å²) in [5.74, 6) is -0.154. The van der Waals surface area contributed by atoms with Crippen LogP contribution >= 0.6 is 23.2 Å². The minimum atomic E-state index is -0.154. The number of carbonyl (C=O) groups is 1. The monoisotopic (exact) mass is 478 g/mol. The van der Waals surface area contributed by atoms with Gasteiger partial charge in [0.15, 0.2) is 0 Å². The maximum atomic E-state index is 13.0. The van der Waals surface area contributed by atoms with Crippen LogP contribution in [-0.2, 0) is 0 Å². The van der Waals surface area contributed by atoms with Gasteiger partial charge in [0.1, 0.15) is 5.15 Å². The predicted octanol–water partition coefficient (Wildman–Crippen LogP) is 5.86. The number of rotatable bonds is 6. The molecule has 0 saturated carbocycles. The number of amides is 1. The van der Waals surface area contributed by atoms with Crippen LogP contribution < -0.4 is 4.90 Å². The molecule has 0 spiro atoms. The summed E-state index contributed by atoms with van der Waals surface area (Å²) in [6, 6.07) is 14.8. The van der Waals surface area contributed by atoms with Crippen molar-refractivity contribution in [2.45, 2.75) is 6.42 Å². The number of hydrogen-bond donors (Lipinski definition) is 0. The van der Waals surface area contributed by atoms with E-state index in [0.29, 0.717) is 10.7 Å². The third kappa shape index (κ3) is 5.88. The van der Waals surface area contributed by atoms with Crippen LogP contribution in [0.4, 0.5) is 5.69 Å². The molecule has 3 aromatic rings. The smallest absolute Gasteiger partial charge is 0.258 e. The number of benzene rings is 1. The van der Waals surface area contributed by atoms with Gasteiger partial charge in [-0.2, -0.15) is 0 Å². The zero-order valence-electron chi connectivity index (χ0n) is 18.3. The molecule has 0 radical (unpaired) electrons. The van der Waals surface area contributed by atoms with Crippen LogP contribution in [0.3, 0.4) is 0 Å². The fourth-order valence-electron chi connectivity index (χ4n) is 3.76. The van der Waals surface area contributed by atoms with Crippen molar-refractivity contribution in [2.24, 2.45) is 0 Å². The first kappa shape index (κ1) is 23.2. The van der Waals surface area contributed by atoms with E-state index in [2.05, 4.69) is 33.1 Å². The number of nitrogens with zero attached hydrogens (tertiary/aromatic N) is 4. The van der Waals surface area contributed by atoms with Crippen LogP contribution in [0.25, 0.3) is 11.6 Å². The first-order valence-electron chi connectivity index (χ1n) is 10.7. The summed E-state index contributed by atoms with van der Waals surface area (Å²) in [6.07, 6.45) is 10.6. The molecule has 0 saturated heterocycles. The zero-order valence-corrected chi connectivity index (χ0v) is 19.8. The lowest BCUT2D eigenvalue weighted by atomic mass is 10.0. The summed E-state index contributed by atoms with van der Waals surface area (Å²) in [5.41, 5.74) is 4.39. The van der Waals surface area contributed by atoms with Gasteiger partial charge in [-0.15, -0.1) is 0 Å². The third-order valence-electron chi connectivity index (χ3n) is 5.57. The van der Waals surface area contributed by atoms with Crippen LogP contribution in [0.1, 0.15) is 28.0 Å². The average Bonchev–Trinajstić information content (AvgIpc) is 2.85. The van der Waals surface area contributed by atoms with Crippen molar-refractivity contribution in [1.82, 2.24) is 14.9 Å². The van der Waals surface area contributed by atoms with Crippen LogP contribution in [-0.4, -0.2) is 47.5 Å². The molecule has 0 fully saturated rings. The normalized spacial score (nSPS) is 14.3. The van der Waals surface area contributed by atoms with E-state index >= 15 is 0 Å². The Labute approximate surface area is 204 Å². The zero-order chi connectivity index (χ0) is 23.2. The summed E-state index contributed by atoms with van der Waals surface area (Å²) in [5, 5.41) is 1.03. The highest BCUT2D eigenvalue weighted by Crippen LogP contribution is 2.29. The van der Waals surface area contributed by atoms with Gasteiger partial charge in [0.25, 0.3) is 5.91 Å². The van der Waals surface area contributed by atoms with Gasteiger partial charge in [0.2, 0.25) is 0 Å². The van der Waals surface area contributed by atoms with Gasteiger partial charge in [0, 0.05) is 49.7 Å². The molecule has 0 bridgehead atoms. The van der Waals surface area contributed by atoms with Crippen LogP contribution in [0.15, 0.2) is 73.1 Å². The molecular formula is C26H24Cl2N4O. The number of hydrogen-bond acceptors (Lipinski definition) is 4. The lowest BCUT2D eigenvalue weighted by Crippen LogP contribution is -2.30. The number of anilines is 1. The molecule has 1 aliphatic heterocycles. The second-order valence-electron chi connectivity index (χ2n) is 7.80. The topological polar surface area (TPSA) is 49.3 Å². The predicted molar refractivity (Wildman–Crippen MR) is 136 cm³/mol. The number of aromatic nitrogens is 2. The summed E-state index contributed by atoms with van der Waals surface area (Å²) >= 11 is 11.9. The van der Waals surface area contributed by atoms with Crippen LogP contribution in [0, 0.1) is 0 Å². The van der Waals surface area contributed by atoms with Crippen LogP contribution in [0.5, 0.6) is 0 Å². The molecule has 2 aromatic heterocycles. The van der Waals surface area contributed by atoms with Crippen molar-refractivity contribution in [3.63, 3.8) is 0 Å². The van der Waals surface area contributed by atoms with Gasteiger partial charge in [-0.3, -0.25) is 14.7 Å².